The van der Waals surface area contributed by atoms with Crippen LogP contribution in [0.25, 0.3) is 0 Å². The number of amides is 2. The molecule has 3 nitrogen and oxygen atoms in total. The van der Waals surface area contributed by atoms with Crippen LogP contribution < -0.4 is 10.6 Å². The molecule has 1 aromatic rings. The van der Waals surface area contributed by atoms with E-state index in [1.807, 2.05) is 32.9 Å². The number of carbonyl (C=O) groups excluding carboxylic acids is 1. The fourth-order valence-corrected chi connectivity index (χ4v) is 1.84. The molecule has 0 aliphatic heterocycles. The molecule has 0 radical (unpaired) electrons. The van der Waals surface area contributed by atoms with Gasteiger partial charge >= 0.3 is 6.03 Å². The lowest BCUT2D eigenvalue weighted by Gasteiger charge is -2.12. The van der Waals surface area contributed by atoms with E-state index in [-0.39, 0.29) is 6.03 Å². The lowest BCUT2D eigenvalue weighted by Crippen LogP contribution is -2.29. The molecular weight excluding hydrogens is 224 g/mol. The summed E-state index contributed by atoms with van der Waals surface area (Å²) in [4.78, 5) is 11.5. The zero-order valence-electron chi connectivity index (χ0n) is 9.86. The van der Waals surface area contributed by atoms with Crippen LogP contribution in [0.1, 0.15) is 24.5 Å². The summed E-state index contributed by atoms with van der Waals surface area (Å²) in [7, 11) is 0. The summed E-state index contributed by atoms with van der Waals surface area (Å²) in [6.45, 7) is 6.56. The minimum Gasteiger partial charge on any atom is -0.338 e. The molecule has 0 aliphatic carbocycles. The SMILES string of the molecule is CCCNC(=O)Nc1c(C)cc(C)cc1Cl. The predicted octanol–water partition coefficient (Wildman–Crippen LogP) is 3.49. The van der Waals surface area contributed by atoms with Gasteiger partial charge in [-0.3, -0.25) is 0 Å². The van der Waals surface area contributed by atoms with E-state index in [0.29, 0.717) is 17.3 Å². The van der Waals surface area contributed by atoms with Crippen molar-refractivity contribution in [1.29, 1.82) is 0 Å². The Morgan fingerprint density at radius 3 is 2.62 bits per heavy atom. The average molecular weight is 241 g/mol. The number of urea groups is 1. The second-order valence-electron chi connectivity index (χ2n) is 3.82. The minimum absolute atomic E-state index is 0.212. The Labute approximate surface area is 101 Å². The van der Waals surface area contributed by atoms with Crippen LogP contribution in [0.2, 0.25) is 5.02 Å². The summed E-state index contributed by atoms with van der Waals surface area (Å²) >= 11 is 6.07. The Bertz CT molecular complexity index is 368. The maximum atomic E-state index is 11.5. The van der Waals surface area contributed by atoms with E-state index in [1.165, 1.54) is 0 Å². The van der Waals surface area contributed by atoms with Crippen LogP contribution in [-0.2, 0) is 0 Å². The molecule has 88 valence electrons. The summed E-state index contributed by atoms with van der Waals surface area (Å²) < 4.78 is 0. The van der Waals surface area contributed by atoms with Crippen LogP contribution in [0.15, 0.2) is 12.1 Å². The first kappa shape index (κ1) is 12.8. The summed E-state index contributed by atoms with van der Waals surface area (Å²) in [5.41, 5.74) is 2.74. The Balaban J connectivity index is 2.77. The number of rotatable bonds is 3. The molecule has 1 aromatic carbocycles. The van der Waals surface area contributed by atoms with Crippen molar-refractivity contribution in [2.24, 2.45) is 0 Å². The third-order valence-corrected chi connectivity index (χ3v) is 2.50. The molecule has 0 saturated heterocycles. The Morgan fingerprint density at radius 1 is 1.38 bits per heavy atom. The number of carbonyl (C=O) groups is 1. The van der Waals surface area contributed by atoms with Gasteiger partial charge in [0.05, 0.1) is 10.7 Å². The number of nitrogens with one attached hydrogen (secondary N) is 2. The van der Waals surface area contributed by atoms with Crippen LogP contribution in [-0.4, -0.2) is 12.6 Å². The molecule has 0 heterocycles. The topological polar surface area (TPSA) is 41.1 Å². The highest BCUT2D eigenvalue weighted by Gasteiger charge is 2.08. The Morgan fingerprint density at radius 2 is 2.06 bits per heavy atom. The largest absolute Gasteiger partial charge is 0.338 e. The van der Waals surface area contributed by atoms with Gasteiger partial charge in [-0.25, -0.2) is 4.79 Å². The highest BCUT2D eigenvalue weighted by Crippen LogP contribution is 2.27. The van der Waals surface area contributed by atoms with E-state index in [4.69, 9.17) is 11.6 Å². The summed E-state index contributed by atoms with van der Waals surface area (Å²) in [6, 6.07) is 3.61. The van der Waals surface area contributed by atoms with Gasteiger partial charge in [0.25, 0.3) is 0 Å². The molecule has 0 saturated carbocycles. The minimum atomic E-state index is -0.212. The smallest absolute Gasteiger partial charge is 0.319 e. The van der Waals surface area contributed by atoms with Crippen molar-refractivity contribution in [1.82, 2.24) is 5.32 Å². The lowest BCUT2D eigenvalue weighted by atomic mass is 10.1. The van der Waals surface area contributed by atoms with Crippen LogP contribution >= 0.6 is 11.6 Å². The number of aryl methyl sites for hydroxylation is 2. The number of hydrogen-bond donors (Lipinski definition) is 2. The maximum Gasteiger partial charge on any atom is 0.319 e. The predicted molar refractivity (Wildman–Crippen MR) is 68.2 cm³/mol. The third kappa shape index (κ3) is 3.42. The molecule has 0 spiro atoms. The van der Waals surface area contributed by atoms with E-state index in [2.05, 4.69) is 10.6 Å². The standard InChI is InChI=1S/C12H17ClN2O/c1-4-5-14-12(16)15-11-9(3)6-8(2)7-10(11)13/h6-7H,4-5H2,1-3H3,(H2,14,15,16). The van der Waals surface area contributed by atoms with Crippen molar-refractivity contribution >= 4 is 23.3 Å². The normalized spacial score (nSPS) is 10.0. The fourth-order valence-electron chi connectivity index (χ4n) is 1.47. The van der Waals surface area contributed by atoms with Crippen LogP contribution in [0, 0.1) is 13.8 Å². The second kappa shape index (κ2) is 5.75. The van der Waals surface area contributed by atoms with Crippen molar-refractivity contribution < 1.29 is 4.79 Å². The van der Waals surface area contributed by atoms with Gasteiger partial charge in [0.2, 0.25) is 0 Å². The number of hydrogen-bond acceptors (Lipinski definition) is 1. The Kier molecular flexibility index (Phi) is 4.62. The molecule has 16 heavy (non-hydrogen) atoms. The number of anilines is 1. The average Bonchev–Trinajstić information content (AvgIpc) is 2.20. The van der Waals surface area contributed by atoms with Gasteiger partial charge in [0.1, 0.15) is 0 Å². The zero-order chi connectivity index (χ0) is 12.1. The molecular formula is C12H17ClN2O. The van der Waals surface area contributed by atoms with Crippen molar-refractivity contribution in [2.45, 2.75) is 27.2 Å². The number of benzene rings is 1. The maximum absolute atomic E-state index is 11.5. The van der Waals surface area contributed by atoms with E-state index in [0.717, 1.165) is 17.5 Å². The van der Waals surface area contributed by atoms with Crippen molar-refractivity contribution in [2.75, 3.05) is 11.9 Å². The van der Waals surface area contributed by atoms with E-state index >= 15 is 0 Å². The van der Waals surface area contributed by atoms with Crippen LogP contribution in [0.5, 0.6) is 0 Å². The molecule has 2 amide bonds. The first-order chi connectivity index (χ1) is 7.54. The van der Waals surface area contributed by atoms with Gasteiger partial charge in [-0.15, -0.1) is 0 Å². The molecule has 0 aliphatic rings. The van der Waals surface area contributed by atoms with Gasteiger partial charge in [0, 0.05) is 6.54 Å². The first-order valence-electron chi connectivity index (χ1n) is 5.36. The third-order valence-electron chi connectivity index (χ3n) is 2.21. The van der Waals surface area contributed by atoms with E-state index in [1.54, 1.807) is 0 Å². The van der Waals surface area contributed by atoms with Crippen molar-refractivity contribution in [3.8, 4) is 0 Å². The summed E-state index contributed by atoms with van der Waals surface area (Å²) in [5.74, 6) is 0. The van der Waals surface area contributed by atoms with Gasteiger partial charge in [0.15, 0.2) is 0 Å². The van der Waals surface area contributed by atoms with E-state index in [9.17, 15) is 4.79 Å². The second-order valence-corrected chi connectivity index (χ2v) is 4.23. The molecule has 0 unspecified atom stereocenters. The van der Waals surface area contributed by atoms with Crippen molar-refractivity contribution in [3.05, 3.63) is 28.3 Å². The fraction of sp³-hybridized carbons (Fsp3) is 0.417. The monoisotopic (exact) mass is 240 g/mol. The molecule has 2 N–H and O–H groups in total. The molecule has 1 rings (SSSR count). The number of halogens is 1. The molecule has 0 atom stereocenters. The van der Waals surface area contributed by atoms with Crippen LogP contribution in [0.3, 0.4) is 0 Å². The van der Waals surface area contributed by atoms with Gasteiger partial charge < -0.3 is 10.6 Å². The quantitative estimate of drug-likeness (QED) is 0.834. The van der Waals surface area contributed by atoms with Gasteiger partial charge in [-0.1, -0.05) is 24.6 Å². The molecule has 0 fully saturated rings. The van der Waals surface area contributed by atoms with Gasteiger partial charge in [-0.2, -0.15) is 0 Å². The first-order valence-corrected chi connectivity index (χ1v) is 5.74. The highest BCUT2D eigenvalue weighted by atomic mass is 35.5. The molecule has 0 aromatic heterocycles. The van der Waals surface area contributed by atoms with Crippen LogP contribution in [0.4, 0.5) is 10.5 Å². The molecule has 0 bridgehead atoms. The van der Waals surface area contributed by atoms with E-state index < -0.39 is 0 Å². The van der Waals surface area contributed by atoms with Gasteiger partial charge in [-0.05, 0) is 37.5 Å². The Hall–Kier alpha value is -1.22. The molecule has 4 heteroatoms. The highest BCUT2D eigenvalue weighted by molar-refractivity contribution is 6.34. The van der Waals surface area contributed by atoms with Crippen molar-refractivity contribution in [3.63, 3.8) is 0 Å². The lowest BCUT2D eigenvalue weighted by molar-refractivity contribution is 0.252. The summed E-state index contributed by atoms with van der Waals surface area (Å²) in [5, 5.41) is 6.07. The summed E-state index contributed by atoms with van der Waals surface area (Å²) in [6.07, 6.45) is 0.911. The zero-order valence-corrected chi connectivity index (χ0v) is 10.6.